The van der Waals surface area contributed by atoms with Crippen LogP contribution < -0.4 is 5.48 Å². The van der Waals surface area contributed by atoms with E-state index in [0.717, 1.165) is 5.56 Å². The molecule has 0 saturated carbocycles. The van der Waals surface area contributed by atoms with Gasteiger partial charge in [0.2, 0.25) is 0 Å². The lowest BCUT2D eigenvalue weighted by molar-refractivity contribution is 0.161. The van der Waals surface area contributed by atoms with E-state index in [0.29, 0.717) is 16.6 Å². The molecule has 0 aliphatic rings. The topological polar surface area (TPSA) is 32.3 Å². The van der Waals surface area contributed by atoms with Gasteiger partial charge in [0, 0.05) is 16.6 Å². The number of rotatable bonds is 2. The second-order valence-corrected chi connectivity index (χ2v) is 2.91. The minimum Gasteiger partial charge on any atom is -0.316 e. The summed E-state index contributed by atoms with van der Waals surface area (Å²) in [6.45, 7) is 0.305. The van der Waals surface area contributed by atoms with Crippen LogP contribution in [0, 0.1) is 0 Å². The van der Waals surface area contributed by atoms with Crippen LogP contribution in [-0.2, 0) is 6.54 Å². The third-order valence-corrected chi connectivity index (χ3v) is 1.88. The van der Waals surface area contributed by atoms with Crippen LogP contribution in [0.2, 0.25) is 10.0 Å². The van der Waals surface area contributed by atoms with Crippen LogP contribution in [0.1, 0.15) is 5.56 Å². The molecule has 1 aromatic rings. The summed E-state index contributed by atoms with van der Waals surface area (Å²) in [5.74, 6) is 0. The molecule has 11 heavy (non-hydrogen) atoms. The Morgan fingerprint density at radius 1 is 1.36 bits per heavy atom. The van der Waals surface area contributed by atoms with Gasteiger partial charge in [0.15, 0.2) is 0 Å². The van der Waals surface area contributed by atoms with E-state index in [2.05, 4.69) is 0 Å². The average Bonchev–Trinajstić information content (AvgIpc) is 1.98. The lowest BCUT2D eigenvalue weighted by Gasteiger charge is -2.01. The van der Waals surface area contributed by atoms with Crippen molar-refractivity contribution in [3.63, 3.8) is 0 Å². The van der Waals surface area contributed by atoms with Crippen LogP contribution in [-0.4, -0.2) is 5.21 Å². The van der Waals surface area contributed by atoms with Gasteiger partial charge in [-0.3, -0.25) is 0 Å². The first-order chi connectivity index (χ1) is 5.24. The second-order valence-electron chi connectivity index (χ2n) is 2.07. The summed E-state index contributed by atoms with van der Waals surface area (Å²) in [6.07, 6.45) is 0. The third-order valence-electron chi connectivity index (χ3n) is 1.28. The molecular formula is C7H7Cl2NO. The fraction of sp³-hybridized carbons (Fsp3) is 0.143. The Morgan fingerprint density at radius 3 is 2.73 bits per heavy atom. The quantitative estimate of drug-likeness (QED) is 0.705. The molecule has 1 aromatic carbocycles. The van der Waals surface area contributed by atoms with Gasteiger partial charge in [0.25, 0.3) is 0 Å². The average molecular weight is 192 g/mol. The van der Waals surface area contributed by atoms with Gasteiger partial charge < -0.3 is 5.21 Å². The van der Waals surface area contributed by atoms with Crippen LogP contribution in [0.4, 0.5) is 0 Å². The zero-order valence-electron chi connectivity index (χ0n) is 5.64. The molecule has 60 valence electrons. The molecule has 4 heteroatoms. The normalized spacial score (nSPS) is 10.1. The predicted molar refractivity (Wildman–Crippen MR) is 45.1 cm³/mol. The van der Waals surface area contributed by atoms with E-state index in [1.807, 2.05) is 5.48 Å². The second kappa shape index (κ2) is 3.93. The Morgan fingerprint density at radius 2 is 2.09 bits per heavy atom. The molecule has 0 amide bonds. The summed E-state index contributed by atoms with van der Waals surface area (Å²) in [6, 6.07) is 5.09. The van der Waals surface area contributed by atoms with Crippen LogP contribution in [0.15, 0.2) is 18.2 Å². The summed E-state index contributed by atoms with van der Waals surface area (Å²) < 4.78 is 0. The van der Waals surface area contributed by atoms with Crippen molar-refractivity contribution in [2.75, 3.05) is 0 Å². The van der Waals surface area contributed by atoms with Gasteiger partial charge >= 0.3 is 0 Å². The van der Waals surface area contributed by atoms with E-state index < -0.39 is 0 Å². The molecule has 0 aliphatic carbocycles. The molecule has 1 rings (SSSR count). The van der Waals surface area contributed by atoms with E-state index in [4.69, 9.17) is 28.4 Å². The van der Waals surface area contributed by atoms with E-state index >= 15 is 0 Å². The summed E-state index contributed by atoms with van der Waals surface area (Å²) >= 11 is 11.4. The number of hydroxylamine groups is 1. The number of benzene rings is 1. The minimum atomic E-state index is 0.305. The van der Waals surface area contributed by atoms with E-state index in [-0.39, 0.29) is 0 Å². The van der Waals surface area contributed by atoms with E-state index in [1.165, 1.54) is 0 Å². The van der Waals surface area contributed by atoms with Gasteiger partial charge in [0.1, 0.15) is 0 Å². The highest BCUT2D eigenvalue weighted by molar-refractivity contribution is 6.33. The lowest BCUT2D eigenvalue weighted by atomic mass is 10.2. The van der Waals surface area contributed by atoms with Crippen LogP contribution >= 0.6 is 23.2 Å². The first-order valence-electron chi connectivity index (χ1n) is 3.05. The molecule has 0 radical (unpaired) electrons. The van der Waals surface area contributed by atoms with Crippen molar-refractivity contribution < 1.29 is 5.21 Å². The summed E-state index contributed by atoms with van der Waals surface area (Å²) in [5, 5.41) is 9.59. The van der Waals surface area contributed by atoms with Crippen LogP contribution in [0.3, 0.4) is 0 Å². The number of nitrogens with one attached hydrogen (secondary N) is 1. The Hall–Kier alpha value is -0.280. The van der Waals surface area contributed by atoms with Gasteiger partial charge in [-0.2, -0.15) is 0 Å². The highest BCUT2D eigenvalue weighted by atomic mass is 35.5. The molecule has 0 aromatic heterocycles. The zero-order valence-corrected chi connectivity index (χ0v) is 7.15. The Kier molecular flexibility index (Phi) is 3.15. The Bertz CT molecular complexity index is 252. The first-order valence-corrected chi connectivity index (χ1v) is 3.80. The highest BCUT2D eigenvalue weighted by Gasteiger charge is 1.99. The maximum atomic E-state index is 8.38. The Balaban J connectivity index is 2.93. The maximum Gasteiger partial charge on any atom is 0.0473 e. The number of hydrogen-bond donors (Lipinski definition) is 2. The molecule has 2 N–H and O–H groups in total. The van der Waals surface area contributed by atoms with Gasteiger partial charge in [-0.25, -0.2) is 5.48 Å². The maximum absolute atomic E-state index is 8.38. The molecule has 0 bridgehead atoms. The number of hydrogen-bond acceptors (Lipinski definition) is 2. The molecule has 2 nitrogen and oxygen atoms in total. The monoisotopic (exact) mass is 191 g/mol. The molecule has 0 unspecified atom stereocenters. The third kappa shape index (κ3) is 2.34. The standard InChI is InChI=1S/C7H7Cl2NO/c8-6-1-2-7(9)5(3-6)4-10-11/h1-3,10-11H,4H2. The first kappa shape index (κ1) is 8.81. The Labute approximate surface area is 74.7 Å². The van der Waals surface area contributed by atoms with Gasteiger partial charge in [-0.15, -0.1) is 0 Å². The predicted octanol–water partition coefficient (Wildman–Crippen LogP) is 2.47. The van der Waals surface area contributed by atoms with Gasteiger partial charge in [-0.05, 0) is 23.8 Å². The fourth-order valence-corrected chi connectivity index (χ4v) is 1.14. The highest BCUT2D eigenvalue weighted by Crippen LogP contribution is 2.19. The van der Waals surface area contributed by atoms with Crippen molar-refractivity contribution in [3.8, 4) is 0 Å². The summed E-state index contributed by atoms with van der Waals surface area (Å²) in [7, 11) is 0. The van der Waals surface area contributed by atoms with Crippen molar-refractivity contribution in [1.29, 1.82) is 0 Å². The van der Waals surface area contributed by atoms with E-state index in [1.54, 1.807) is 18.2 Å². The van der Waals surface area contributed by atoms with Crippen LogP contribution in [0.5, 0.6) is 0 Å². The van der Waals surface area contributed by atoms with Gasteiger partial charge in [-0.1, -0.05) is 23.2 Å². The number of halogens is 2. The summed E-state index contributed by atoms with van der Waals surface area (Å²) in [4.78, 5) is 0. The van der Waals surface area contributed by atoms with Gasteiger partial charge in [0.05, 0.1) is 0 Å². The molecule has 0 heterocycles. The fourth-order valence-electron chi connectivity index (χ4n) is 0.764. The molecule has 0 saturated heterocycles. The molecule has 0 atom stereocenters. The van der Waals surface area contributed by atoms with Crippen molar-refractivity contribution in [3.05, 3.63) is 33.8 Å². The van der Waals surface area contributed by atoms with Crippen molar-refractivity contribution >= 4 is 23.2 Å². The summed E-state index contributed by atoms with van der Waals surface area (Å²) in [5.41, 5.74) is 2.79. The largest absolute Gasteiger partial charge is 0.316 e. The molecule has 0 spiro atoms. The SMILES string of the molecule is ONCc1cc(Cl)ccc1Cl. The van der Waals surface area contributed by atoms with Crippen LogP contribution in [0.25, 0.3) is 0 Å². The van der Waals surface area contributed by atoms with Crippen molar-refractivity contribution in [2.24, 2.45) is 0 Å². The van der Waals surface area contributed by atoms with E-state index in [9.17, 15) is 0 Å². The molecule has 0 fully saturated rings. The van der Waals surface area contributed by atoms with Crippen molar-refractivity contribution in [2.45, 2.75) is 6.54 Å². The minimum absolute atomic E-state index is 0.305. The molecule has 0 aliphatic heterocycles. The van der Waals surface area contributed by atoms with Crippen molar-refractivity contribution in [1.82, 2.24) is 5.48 Å². The smallest absolute Gasteiger partial charge is 0.0473 e. The molecular weight excluding hydrogens is 185 g/mol. The zero-order chi connectivity index (χ0) is 8.27. The lowest BCUT2D eigenvalue weighted by Crippen LogP contribution is -2.06.